The first kappa shape index (κ1) is 25.0. The molecule has 4 rings (SSSR count). The number of aliphatic hydroxyl groups is 1. The summed E-state index contributed by atoms with van der Waals surface area (Å²) < 4.78 is 66.2. The molecular weight excluding hydrogens is 487 g/mol. The molecule has 1 fully saturated rings. The van der Waals surface area contributed by atoms with E-state index in [2.05, 4.69) is 21.5 Å². The quantitative estimate of drug-likeness (QED) is 0.325. The summed E-state index contributed by atoms with van der Waals surface area (Å²) >= 11 is 0. The van der Waals surface area contributed by atoms with Crippen LogP contribution >= 0.6 is 8.25 Å². The van der Waals surface area contributed by atoms with Gasteiger partial charge in [0.15, 0.2) is 23.5 Å². The second-order valence-electron chi connectivity index (χ2n) is 7.81. The molecule has 0 saturated carbocycles. The van der Waals surface area contributed by atoms with Gasteiger partial charge in [-0.3, -0.25) is 9.09 Å². The van der Waals surface area contributed by atoms with E-state index in [1.807, 2.05) is 0 Å². The van der Waals surface area contributed by atoms with Crippen LogP contribution in [0, 0.1) is 0 Å². The molecule has 11 nitrogen and oxygen atoms in total. The maximum Gasteiger partial charge on any atom is 0.368 e. The number of ether oxygens (including phenoxy) is 2. The highest BCUT2D eigenvalue weighted by Crippen LogP contribution is 2.52. The number of aromatic nitrogens is 4. The zero-order valence-electron chi connectivity index (χ0n) is 18.9. The molecule has 1 aromatic carbocycles. The minimum Gasteiger partial charge on any atom is -0.476 e. The SMILES string of the molecule is C=C(C)[C@]1(F)[C@H](n2cnc3c(OCC)nc(N)nc32)O[C@](F)(CO[PH](=O)Oc2ccccc2)[C@H]1O. The lowest BCUT2D eigenvalue weighted by atomic mass is 9.88. The largest absolute Gasteiger partial charge is 0.476 e. The fourth-order valence-electron chi connectivity index (χ4n) is 3.69. The van der Waals surface area contributed by atoms with E-state index in [0.717, 1.165) is 10.9 Å². The van der Waals surface area contributed by atoms with Gasteiger partial charge in [0.25, 0.3) is 5.85 Å². The molecule has 35 heavy (non-hydrogen) atoms. The van der Waals surface area contributed by atoms with Gasteiger partial charge in [0.1, 0.15) is 12.4 Å². The van der Waals surface area contributed by atoms with E-state index in [1.165, 1.54) is 19.1 Å². The molecular formula is C21H24F2N5O6P. The first-order valence-corrected chi connectivity index (χ1v) is 11.7. The number of rotatable bonds is 9. The summed E-state index contributed by atoms with van der Waals surface area (Å²) in [5.74, 6) is -3.06. The van der Waals surface area contributed by atoms with Crippen molar-refractivity contribution in [2.24, 2.45) is 0 Å². The lowest BCUT2D eigenvalue weighted by molar-refractivity contribution is -0.202. The Morgan fingerprint density at radius 3 is 2.71 bits per heavy atom. The van der Waals surface area contributed by atoms with Crippen molar-refractivity contribution < 1.29 is 37.0 Å². The van der Waals surface area contributed by atoms with Gasteiger partial charge in [-0.15, -0.1) is 0 Å². The first-order chi connectivity index (χ1) is 16.6. The van der Waals surface area contributed by atoms with Crippen LogP contribution in [0.3, 0.4) is 0 Å². The van der Waals surface area contributed by atoms with Crippen molar-refractivity contribution in [3.8, 4) is 11.6 Å². The van der Waals surface area contributed by atoms with Crippen molar-refractivity contribution >= 4 is 25.4 Å². The van der Waals surface area contributed by atoms with Crippen LogP contribution in [0.2, 0.25) is 0 Å². The highest BCUT2D eigenvalue weighted by Gasteiger charge is 2.67. The molecule has 1 unspecified atom stereocenters. The lowest BCUT2D eigenvalue weighted by Gasteiger charge is -2.29. The topological polar surface area (TPSA) is 144 Å². The Hall–Kier alpha value is -3.12. The zero-order valence-corrected chi connectivity index (χ0v) is 19.9. The second kappa shape index (κ2) is 9.50. The lowest BCUT2D eigenvalue weighted by Crippen LogP contribution is -2.48. The molecule has 0 amide bonds. The molecule has 2 aromatic heterocycles. The van der Waals surface area contributed by atoms with Gasteiger partial charge in [0.2, 0.25) is 17.5 Å². The predicted molar refractivity (Wildman–Crippen MR) is 122 cm³/mol. The van der Waals surface area contributed by atoms with E-state index in [9.17, 15) is 9.67 Å². The number of benzene rings is 1. The summed E-state index contributed by atoms with van der Waals surface area (Å²) in [6.45, 7) is 5.69. The van der Waals surface area contributed by atoms with Gasteiger partial charge in [-0.2, -0.15) is 9.97 Å². The number of alkyl halides is 2. The van der Waals surface area contributed by atoms with E-state index < -0.39 is 38.7 Å². The fourth-order valence-corrected chi connectivity index (χ4v) is 4.39. The van der Waals surface area contributed by atoms with Crippen LogP contribution in [0.4, 0.5) is 14.7 Å². The van der Waals surface area contributed by atoms with Crippen LogP contribution in [0.1, 0.15) is 20.1 Å². The molecule has 3 aromatic rings. The number of nitrogen functional groups attached to an aromatic ring is 1. The van der Waals surface area contributed by atoms with Crippen molar-refractivity contribution in [3.05, 3.63) is 48.8 Å². The molecule has 3 heterocycles. The maximum absolute atomic E-state index is 16.3. The number of hydrogen-bond donors (Lipinski definition) is 2. The highest BCUT2D eigenvalue weighted by atomic mass is 31.1. The molecule has 1 aliphatic heterocycles. The molecule has 188 valence electrons. The smallest absolute Gasteiger partial charge is 0.368 e. The van der Waals surface area contributed by atoms with Crippen LogP contribution in [-0.4, -0.2) is 55.5 Å². The number of halogens is 2. The number of hydrogen-bond acceptors (Lipinski definition) is 10. The minimum atomic E-state index is -3.27. The number of nitrogens with zero attached hydrogens (tertiary/aromatic N) is 4. The van der Waals surface area contributed by atoms with Gasteiger partial charge < -0.3 is 24.8 Å². The summed E-state index contributed by atoms with van der Waals surface area (Å²) in [7, 11) is -3.27. The molecule has 0 radical (unpaired) electrons. The Kier molecular flexibility index (Phi) is 6.78. The van der Waals surface area contributed by atoms with E-state index in [4.69, 9.17) is 24.3 Å². The van der Waals surface area contributed by atoms with Crippen molar-refractivity contribution in [1.29, 1.82) is 0 Å². The maximum atomic E-state index is 16.3. The molecule has 14 heteroatoms. The standard InChI is InChI=1S/C21H24F2N5O6P/c1-4-31-16-14-15(26-19(24)27-16)28(11-25-14)18-21(23,12(2)3)17(29)20(22,33-18)10-32-35(30)34-13-8-6-5-7-9-13/h5-9,11,17-18,29,35H,2,4,10H2,1,3H3,(H2,24,26,27)/t17-,18-,20-,21-/m1/s1. The summed E-state index contributed by atoms with van der Waals surface area (Å²) in [6.07, 6.45) is -3.11. The number of aliphatic hydroxyl groups excluding tert-OH is 1. The van der Waals surface area contributed by atoms with Crippen LogP contribution in [-0.2, 0) is 13.8 Å². The summed E-state index contributed by atoms with van der Waals surface area (Å²) in [5, 5.41) is 10.7. The fraction of sp³-hybridized carbons (Fsp3) is 0.381. The molecule has 3 N–H and O–H groups in total. The van der Waals surface area contributed by atoms with E-state index in [0.29, 0.717) is 0 Å². The summed E-state index contributed by atoms with van der Waals surface area (Å²) in [5.41, 5.74) is 2.76. The number of imidazole rings is 1. The van der Waals surface area contributed by atoms with Gasteiger partial charge in [-0.05, 0) is 31.6 Å². The average Bonchev–Trinajstić information content (AvgIpc) is 3.32. The first-order valence-electron chi connectivity index (χ1n) is 10.5. The molecule has 5 atom stereocenters. The van der Waals surface area contributed by atoms with Crippen LogP contribution < -0.4 is 15.0 Å². The van der Waals surface area contributed by atoms with Gasteiger partial charge in [0, 0.05) is 0 Å². The van der Waals surface area contributed by atoms with Crippen molar-refractivity contribution in [2.45, 2.75) is 37.7 Å². The molecule has 0 spiro atoms. The second-order valence-corrected chi connectivity index (χ2v) is 8.80. The predicted octanol–water partition coefficient (Wildman–Crippen LogP) is 3.13. The van der Waals surface area contributed by atoms with E-state index in [1.54, 1.807) is 25.1 Å². The molecule has 0 bridgehead atoms. The van der Waals surface area contributed by atoms with Gasteiger partial charge in [0.05, 0.1) is 12.9 Å². The third-order valence-electron chi connectivity index (χ3n) is 5.40. The van der Waals surface area contributed by atoms with Crippen molar-refractivity contribution in [2.75, 3.05) is 18.9 Å². The molecule has 1 aliphatic rings. The number of nitrogens with two attached hydrogens (primary N) is 1. The Morgan fingerprint density at radius 2 is 2.06 bits per heavy atom. The Labute approximate surface area is 199 Å². The van der Waals surface area contributed by atoms with E-state index in [-0.39, 0.29) is 40.9 Å². The van der Waals surface area contributed by atoms with Gasteiger partial charge >= 0.3 is 8.25 Å². The average molecular weight is 511 g/mol. The van der Waals surface area contributed by atoms with Crippen LogP contribution in [0.5, 0.6) is 11.6 Å². The normalized spacial score (nSPS) is 27.1. The third-order valence-corrected chi connectivity index (χ3v) is 6.18. The Balaban J connectivity index is 1.64. The van der Waals surface area contributed by atoms with Crippen LogP contribution in [0.15, 0.2) is 48.8 Å². The molecule has 0 aliphatic carbocycles. The van der Waals surface area contributed by atoms with Crippen molar-refractivity contribution in [1.82, 2.24) is 19.5 Å². The van der Waals surface area contributed by atoms with Gasteiger partial charge in [-0.1, -0.05) is 24.8 Å². The summed E-state index contributed by atoms with van der Waals surface area (Å²) in [4.78, 5) is 12.1. The third kappa shape index (κ3) is 4.47. The highest BCUT2D eigenvalue weighted by molar-refractivity contribution is 7.33. The monoisotopic (exact) mass is 511 g/mol. The summed E-state index contributed by atoms with van der Waals surface area (Å²) in [6, 6.07) is 8.05. The molecule has 1 saturated heterocycles. The number of para-hydroxylation sites is 1. The number of anilines is 1. The Morgan fingerprint density at radius 1 is 1.34 bits per heavy atom. The minimum absolute atomic E-state index is 0.0208. The zero-order chi connectivity index (χ0) is 25.4. The van der Waals surface area contributed by atoms with Crippen LogP contribution in [0.25, 0.3) is 11.2 Å². The van der Waals surface area contributed by atoms with Crippen molar-refractivity contribution in [3.63, 3.8) is 0 Å². The number of fused-ring (bicyclic) bond motifs is 1. The van der Waals surface area contributed by atoms with Gasteiger partial charge in [-0.25, -0.2) is 18.3 Å². The van der Waals surface area contributed by atoms with E-state index >= 15 is 8.78 Å². The Bertz CT molecular complexity index is 1260.